The van der Waals surface area contributed by atoms with Crippen molar-refractivity contribution in [3.63, 3.8) is 0 Å². The Labute approximate surface area is 83.6 Å². The zero-order valence-electron chi connectivity index (χ0n) is 8.24. The van der Waals surface area contributed by atoms with E-state index < -0.39 is 5.97 Å². The zero-order chi connectivity index (χ0) is 9.97. The van der Waals surface area contributed by atoms with E-state index in [1.54, 1.807) is 0 Å². The summed E-state index contributed by atoms with van der Waals surface area (Å²) in [4.78, 5) is 11.0. The number of ether oxygens (including phenoxy) is 1. The minimum atomic E-state index is -0.689. The minimum absolute atomic E-state index is 0.0328. The van der Waals surface area contributed by atoms with E-state index in [9.17, 15) is 4.79 Å². The molecule has 2 atom stereocenters. The van der Waals surface area contributed by atoms with Crippen LogP contribution in [0.2, 0.25) is 0 Å². The molecule has 0 unspecified atom stereocenters. The van der Waals surface area contributed by atoms with Gasteiger partial charge >= 0.3 is 5.97 Å². The average molecular weight is 199 g/mol. The van der Waals surface area contributed by atoms with Gasteiger partial charge in [0.1, 0.15) is 0 Å². The Morgan fingerprint density at radius 2 is 2.00 bits per heavy atom. The monoisotopic (exact) mass is 199 g/mol. The average Bonchev–Trinajstić information content (AvgIpc) is 2.67. The Hall–Kier alpha value is -0.610. The Balaban J connectivity index is 1.97. The first kappa shape index (κ1) is 9.93. The topological polar surface area (TPSA) is 58.6 Å². The van der Waals surface area contributed by atoms with Gasteiger partial charge in [0, 0.05) is 6.61 Å². The van der Waals surface area contributed by atoms with Crippen LogP contribution in [0, 0.1) is 11.8 Å². The molecule has 2 heterocycles. The summed E-state index contributed by atoms with van der Waals surface area (Å²) in [5.74, 6) is -0.510. The molecule has 2 fully saturated rings. The summed E-state index contributed by atoms with van der Waals surface area (Å²) >= 11 is 0. The van der Waals surface area contributed by atoms with E-state index in [0.717, 1.165) is 25.9 Å². The van der Waals surface area contributed by atoms with Crippen LogP contribution >= 0.6 is 0 Å². The van der Waals surface area contributed by atoms with Crippen molar-refractivity contribution in [2.45, 2.75) is 25.4 Å². The number of carboxylic acids is 1. The van der Waals surface area contributed by atoms with Gasteiger partial charge in [0.2, 0.25) is 0 Å². The predicted molar refractivity (Wildman–Crippen MR) is 51.1 cm³/mol. The van der Waals surface area contributed by atoms with Crippen LogP contribution in [-0.2, 0) is 9.53 Å². The molecule has 0 saturated carbocycles. The molecule has 2 aliphatic rings. The second kappa shape index (κ2) is 4.28. The second-order valence-electron chi connectivity index (χ2n) is 4.16. The fraction of sp³-hybridized carbons (Fsp3) is 0.900. The van der Waals surface area contributed by atoms with Gasteiger partial charge in [-0.05, 0) is 38.3 Å². The Morgan fingerprint density at radius 1 is 1.29 bits per heavy atom. The van der Waals surface area contributed by atoms with Crippen LogP contribution in [0.15, 0.2) is 0 Å². The van der Waals surface area contributed by atoms with Gasteiger partial charge in [-0.15, -0.1) is 0 Å². The first-order valence-corrected chi connectivity index (χ1v) is 5.34. The quantitative estimate of drug-likeness (QED) is 0.679. The number of piperidine rings is 1. The lowest BCUT2D eigenvalue weighted by Gasteiger charge is -2.29. The van der Waals surface area contributed by atoms with Crippen molar-refractivity contribution in [3.8, 4) is 0 Å². The van der Waals surface area contributed by atoms with Crippen molar-refractivity contribution >= 4 is 5.97 Å². The lowest BCUT2D eigenvalue weighted by atomic mass is 9.85. The highest BCUT2D eigenvalue weighted by Crippen LogP contribution is 2.31. The van der Waals surface area contributed by atoms with Gasteiger partial charge in [-0.1, -0.05) is 0 Å². The number of hydrogen-bond donors (Lipinski definition) is 2. The van der Waals surface area contributed by atoms with Crippen LogP contribution in [0.4, 0.5) is 0 Å². The number of carboxylic acid groups (broad SMARTS) is 1. The van der Waals surface area contributed by atoms with Crippen molar-refractivity contribution in [3.05, 3.63) is 0 Å². The Kier molecular flexibility index (Phi) is 3.03. The molecule has 0 aromatic rings. The molecular weight excluding hydrogens is 182 g/mol. The van der Waals surface area contributed by atoms with E-state index in [2.05, 4.69) is 5.32 Å². The van der Waals surface area contributed by atoms with E-state index in [-0.39, 0.29) is 12.0 Å². The van der Waals surface area contributed by atoms with Crippen molar-refractivity contribution in [2.75, 3.05) is 19.7 Å². The van der Waals surface area contributed by atoms with Crippen LogP contribution in [-0.4, -0.2) is 36.9 Å². The highest BCUT2D eigenvalue weighted by Gasteiger charge is 2.39. The van der Waals surface area contributed by atoms with Crippen LogP contribution in [0.25, 0.3) is 0 Å². The van der Waals surface area contributed by atoms with Gasteiger partial charge in [0.15, 0.2) is 0 Å². The van der Waals surface area contributed by atoms with Gasteiger partial charge in [0.05, 0.1) is 12.0 Å². The van der Waals surface area contributed by atoms with E-state index >= 15 is 0 Å². The summed E-state index contributed by atoms with van der Waals surface area (Å²) in [7, 11) is 0. The SMILES string of the molecule is O=C(O)[C@H]1CCO[C@H]1C1CCNCC1. The highest BCUT2D eigenvalue weighted by molar-refractivity contribution is 5.71. The summed E-state index contributed by atoms with van der Waals surface area (Å²) < 4.78 is 5.56. The first-order valence-electron chi connectivity index (χ1n) is 5.34. The van der Waals surface area contributed by atoms with Gasteiger partial charge in [-0.2, -0.15) is 0 Å². The smallest absolute Gasteiger partial charge is 0.309 e. The molecule has 0 aromatic carbocycles. The van der Waals surface area contributed by atoms with Gasteiger partial charge < -0.3 is 15.2 Å². The van der Waals surface area contributed by atoms with Crippen LogP contribution in [0.5, 0.6) is 0 Å². The summed E-state index contributed by atoms with van der Waals surface area (Å²) in [5, 5.41) is 12.3. The van der Waals surface area contributed by atoms with Gasteiger partial charge in [0.25, 0.3) is 0 Å². The van der Waals surface area contributed by atoms with Gasteiger partial charge in [-0.25, -0.2) is 0 Å². The maximum atomic E-state index is 11.0. The third-order valence-electron chi connectivity index (χ3n) is 3.30. The fourth-order valence-corrected chi connectivity index (χ4v) is 2.51. The molecule has 0 amide bonds. The van der Waals surface area contributed by atoms with Crippen LogP contribution in [0.1, 0.15) is 19.3 Å². The van der Waals surface area contributed by atoms with Crippen LogP contribution in [0.3, 0.4) is 0 Å². The molecule has 2 rings (SSSR count). The number of aliphatic carboxylic acids is 1. The normalized spacial score (nSPS) is 34.6. The zero-order valence-corrected chi connectivity index (χ0v) is 8.24. The molecule has 80 valence electrons. The van der Waals surface area contributed by atoms with E-state index in [1.165, 1.54) is 0 Å². The second-order valence-corrected chi connectivity index (χ2v) is 4.16. The number of carbonyl (C=O) groups is 1. The van der Waals surface area contributed by atoms with Crippen molar-refractivity contribution in [1.82, 2.24) is 5.32 Å². The predicted octanol–water partition coefficient (Wildman–Crippen LogP) is 0.476. The van der Waals surface area contributed by atoms with Crippen molar-refractivity contribution in [1.29, 1.82) is 0 Å². The maximum absolute atomic E-state index is 11.0. The molecule has 0 spiro atoms. The largest absolute Gasteiger partial charge is 0.481 e. The van der Waals surface area contributed by atoms with Crippen LogP contribution < -0.4 is 5.32 Å². The molecule has 2 saturated heterocycles. The lowest BCUT2D eigenvalue weighted by Crippen LogP contribution is -2.38. The molecule has 0 aliphatic carbocycles. The van der Waals surface area contributed by atoms with Crippen molar-refractivity contribution in [2.24, 2.45) is 11.8 Å². The van der Waals surface area contributed by atoms with Crippen molar-refractivity contribution < 1.29 is 14.6 Å². The lowest BCUT2D eigenvalue weighted by molar-refractivity contribution is -0.144. The molecule has 0 aromatic heterocycles. The molecule has 0 bridgehead atoms. The maximum Gasteiger partial charge on any atom is 0.309 e. The number of rotatable bonds is 2. The molecule has 14 heavy (non-hydrogen) atoms. The molecule has 0 radical (unpaired) electrons. The number of nitrogens with one attached hydrogen (secondary N) is 1. The molecule has 2 N–H and O–H groups in total. The first-order chi connectivity index (χ1) is 6.79. The summed E-state index contributed by atoms with van der Waals surface area (Å²) in [6.45, 7) is 2.61. The summed E-state index contributed by atoms with van der Waals surface area (Å²) in [6, 6.07) is 0. The van der Waals surface area contributed by atoms with E-state index in [4.69, 9.17) is 9.84 Å². The van der Waals surface area contributed by atoms with E-state index in [1.807, 2.05) is 0 Å². The summed E-state index contributed by atoms with van der Waals surface area (Å²) in [6.07, 6.45) is 2.75. The highest BCUT2D eigenvalue weighted by atomic mass is 16.5. The molecular formula is C10H17NO3. The molecule has 4 heteroatoms. The number of hydrogen-bond acceptors (Lipinski definition) is 3. The minimum Gasteiger partial charge on any atom is -0.481 e. The third kappa shape index (κ3) is 1.91. The third-order valence-corrected chi connectivity index (χ3v) is 3.30. The Bertz CT molecular complexity index is 213. The standard InChI is InChI=1S/C10H17NO3/c12-10(13)8-3-6-14-9(8)7-1-4-11-5-2-7/h7-9,11H,1-6H2,(H,12,13)/t8-,9-/m0/s1. The Morgan fingerprint density at radius 3 is 2.64 bits per heavy atom. The molecule has 4 nitrogen and oxygen atoms in total. The summed E-state index contributed by atoms with van der Waals surface area (Å²) in [5.41, 5.74) is 0. The molecule has 2 aliphatic heterocycles. The fourth-order valence-electron chi connectivity index (χ4n) is 2.51. The van der Waals surface area contributed by atoms with Gasteiger partial charge in [-0.3, -0.25) is 4.79 Å². The van der Waals surface area contributed by atoms with E-state index in [0.29, 0.717) is 18.9 Å².